The molecule has 70 heavy (non-hydrogen) atoms. The Morgan fingerprint density at radius 3 is 0.557 bits per heavy atom. The Kier molecular flexibility index (Phi) is 54.2. The maximum atomic E-state index is 6.58. The van der Waals surface area contributed by atoms with E-state index in [1.54, 1.807) is 0 Å². The number of rotatable bonds is 60. The Balaban J connectivity index is 2.33. The Morgan fingerprint density at radius 1 is 0.214 bits per heavy atom. The van der Waals surface area contributed by atoms with E-state index in [4.69, 9.17) is 14.2 Å². The van der Waals surface area contributed by atoms with E-state index in [2.05, 4.69) is 39.8 Å². The highest BCUT2D eigenvalue weighted by molar-refractivity contribution is 5.53. The summed E-state index contributed by atoms with van der Waals surface area (Å²) in [4.78, 5) is 0. The molecule has 1 aromatic carbocycles. The van der Waals surface area contributed by atoms with Crippen molar-refractivity contribution >= 4 is 0 Å². The van der Waals surface area contributed by atoms with Crippen LogP contribution in [0.15, 0.2) is 12.1 Å². The smallest absolute Gasteiger partial charge is 0.203 e. The summed E-state index contributed by atoms with van der Waals surface area (Å²) >= 11 is 0. The van der Waals surface area contributed by atoms with Crippen LogP contribution >= 0.6 is 0 Å². The lowest BCUT2D eigenvalue weighted by Crippen LogP contribution is -2.06. The normalized spacial score (nSPS) is 11.5. The minimum Gasteiger partial charge on any atom is -0.490 e. The number of hydrogen-bond donors (Lipinski definition) is 0. The molecule has 1 rings (SSSR count). The quantitative estimate of drug-likeness (QED) is 0.0609. The summed E-state index contributed by atoms with van der Waals surface area (Å²) in [5, 5.41) is 0. The molecule has 3 nitrogen and oxygen atoms in total. The molecule has 0 amide bonds. The van der Waals surface area contributed by atoms with Gasteiger partial charge in [-0.05, 0) is 43.9 Å². The predicted octanol–water partition coefficient (Wildman–Crippen LogP) is 24.3. The van der Waals surface area contributed by atoms with E-state index in [-0.39, 0.29) is 0 Å². The second-order valence-electron chi connectivity index (χ2n) is 22.7. The van der Waals surface area contributed by atoms with E-state index in [0.29, 0.717) is 0 Å². The minimum absolute atomic E-state index is 0.743. The van der Waals surface area contributed by atoms with Crippen molar-refractivity contribution in [3.63, 3.8) is 0 Å². The molecule has 1 aromatic rings. The van der Waals surface area contributed by atoms with Crippen LogP contribution in [-0.4, -0.2) is 19.8 Å². The number of hydrogen-bond acceptors (Lipinski definition) is 3. The van der Waals surface area contributed by atoms with Gasteiger partial charge < -0.3 is 14.2 Å². The van der Waals surface area contributed by atoms with E-state index in [9.17, 15) is 0 Å². The van der Waals surface area contributed by atoms with Gasteiger partial charge in [-0.25, -0.2) is 0 Å². The zero-order valence-electron chi connectivity index (χ0n) is 48.7. The van der Waals surface area contributed by atoms with Crippen LogP contribution in [0.1, 0.15) is 373 Å². The summed E-state index contributed by atoms with van der Waals surface area (Å²) in [6.07, 6.45) is 75.5. The number of benzene rings is 1. The molecule has 0 aromatic heterocycles. The highest BCUT2D eigenvalue weighted by Crippen LogP contribution is 2.39. The van der Waals surface area contributed by atoms with Gasteiger partial charge in [0.25, 0.3) is 0 Å². The van der Waals surface area contributed by atoms with E-state index in [0.717, 1.165) is 56.3 Å². The zero-order valence-corrected chi connectivity index (χ0v) is 48.7. The van der Waals surface area contributed by atoms with Crippen LogP contribution < -0.4 is 14.2 Å². The summed E-state index contributed by atoms with van der Waals surface area (Å²) in [5.41, 5.74) is 1.20. The standard InChI is InChI=1S/C67H128O3/c1-5-8-11-14-17-20-23-26-29-32-35-38-41-44-47-50-53-56-59-68-65-62-64(4)63-66(69-60-57-54-51-48-45-42-39-36-33-30-27-24-21-18-15-12-9-6-2)67(65)70-61-58-55-52-49-46-43-40-37-34-31-28-25-22-19-16-13-10-7-3/h62-63H,5-61H2,1-4H3. The first kappa shape index (κ1) is 66.6. The molecule has 0 aliphatic carbocycles. The lowest BCUT2D eigenvalue weighted by atomic mass is 10.0. The van der Waals surface area contributed by atoms with Crippen LogP contribution in [0.25, 0.3) is 0 Å². The molecule has 0 heterocycles. The van der Waals surface area contributed by atoms with E-state index < -0.39 is 0 Å². The summed E-state index contributed by atoms with van der Waals surface area (Å²) in [7, 11) is 0. The molecule has 0 bridgehead atoms. The number of unbranched alkanes of at least 4 members (excludes halogenated alkanes) is 51. The van der Waals surface area contributed by atoms with Crippen LogP contribution in [0, 0.1) is 6.92 Å². The predicted molar refractivity (Wildman–Crippen MR) is 314 cm³/mol. The average molecular weight is 982 g/mol. The summed E-state index contributed by atoms with van der Waals surface area (Å²) in [6.45, 7) is 11.4. The number of ether oxygens (including phenoxy) is 3. The van der Waals surface area contributed by atoms with Gasteiger partial charge >= 0.3 is 0 Å². The number of aryl methyl sites for hydroxylation is 1. The fourth-order valence-electron chi connectivity index (χ4n) is 10.6. The van der Waals surface area contributed by atoms with Gasteiger partial charge in [-0.2, -0.15) is 0 Å². The maximum absolute atomic E-state index is 6.58. The van der Waals surface area contributed by atoms with Gasteiger partial charge in [-0.3, -0.25) is 0 Å². The molecular weight excluding hydrogens is 853 g/mol. The topological polar surface area (TPSA) is 27.7 Å². The second-order valence-corrected chi connectivity index (χ2v) is 22.7. The first-order valence-corrected chi connectivity index (χ1v) is 32.8. The molecule has 0 spiro atoms. The van der Waals surface area contributed by atoms with Crippen LogP contribution in [0.5, 0.6) is 17.2 Å². The summed E-state index contributed by atoms with van der Waals surface area (Å²) < 4.78 is 19.6. The third kappa shape index (κ3) is 47.6. The monoisotopic (exact) mass is 981 g/mol. The Morgan fingerprint density at radius 2 is 0.371 bits per heavy atom. The minimum atomic E-state index is 0.743. The summed E-state index contributed by atoms with van der Waals surface area (Å²) in [5.74, 6) is 2.63. The molecule has 0 fully saturated rings. The fraction of sp³-hybridized carbons (Fsp3) is 0.910. The highest BCUT2D eigenvalue weighted by Gasteiger charge is 2.15. The van der Waals surface area contributed by atoms with E-state index in [1.807, 2.05) is 0 Å². The van der Waals surface area contributed by atoms with Gasteiger partial charge in [0.2, 0.25) is 5.75 Å². The van der Waals surface area contributed by atoms with Gasteiger partial charge in [0.1, 0.15) is 0 Å². The lowest BCUT2D eigenvalue weighted by Gasteiger charge is -2.18. The van der Waals surface area contributed by atoms with Crippen molar-refractivity contribution in [1.29, 1.82) is 0 Å². The second kappa shape index (κ2) is 56.9. The molecule has 0 aliphatic rings. The van der Waals surface area contributed by atoms with Crippen molar-refractivity contribution in [2.75, 3.05) is 19.8 Å². The molecule has 0 N–H and O–H groups in total. The van der Waals surface area contributed by atoms with Crippen molar-refractivity contribution < 1.29 is 14.2 Å². The van der Waals surface area contributed by atoms with Gasteiger partial charge in [0.15, 0.2) is 11.5 Å². The molecule has 0 radical (unpaired) electrons. The third-order valence-electron chi connectivity index (χ3n) is 15.4. The molecule has 0 unspecified atom stereocenters. The third-order valence-corrected chi connectivity index (χ3v) is 15.4. The van der Waals surface area contributed by atoms with E-state index >= 15 is 0 Å². The van der Waals surface area contributed by atoms with Crippen molar-refractivity contribution in [2.45, 2.75) is 374 Å². The van der Waals surface area contributed by atoms with Crippen molar-refractivity contribution in [3.8, 4) is 17.2 Å². The van der Waals surface area contributed by atoms with Gasteiger partial charge in [0.05, 0.1) is 19.8 Å². The average Bonchev–Trinajstić information content (AvgIpc) is 3.36. The molecule has 0 saturated heterocycles. The van der Waals surface area contributed by atoms with Crippen molar-refractivity contribution in [2.24, 2.45) is 0 Å². The Bertz CT molecular complexity index is 1070. The maximum Gasteiger partial charge on any atom is 0.203 e. The van der Waals surface area contributed by atoms with Crippen molar-refractivity contribution in [1.82, 2.24) is 0 Å². The van der Waals surface area contributed by atoms with Gasteiger partial charge in [0, 0.05) is 0 Å². The van der Waals surface area contributed by atoms with Crippen molar-refractivity contribution in [3.05, 3.63) is 17.7 Å². The molecule has 0 aliphatic heterocycles. The molecule has 0 atom stereocenters. The Labute approximate surface area is 441 Å². The largest absolute Gasteiger partial charge is 0.490 e. The molecular formula is C67H128O3. The first-order chi connectivity index (χ1) is 34.7. The first-order valence-electron chi connectivity index (χ1n) is 32.8. The fourth-order valence-corrected chi connectivity index (χ4v) is 10.6. The Hall–Kier alpha value is -1.38. The lowest BCUT2D eigenvalue weighted by molar-refractivity contribution is 0.234. The van der Waals surface area contributed by atoms with E-state index in [1.165, 1.54) is 333 Å². The highest BCUT2D eigenvalue weighted by atomic mass is 16.5. The molecule has 3 heteroatoms. The SMILES string of the molecule is CCCCCCCCCCCCCCCCCCCCOc1cc(C)cc(OCCCCCCCCCCCCCCCCCCCC)c1OCCCCCCCCCCCCCCCCCCCC. The molecule has 414 valence electrons. The van der Waals surface area contributed by atoms with Gasteiger partial charge in [-0.15, -0.1) is 0 Å². The molecule has 0 saturated carbocycles. The van der Waals surface area contributed by atoms with Gasteiger partial charge in [-0.1, -0.05) is 348 Å². The summed E-state index contributed by atoms with van der Waals surface area (Å²) in [6, 6.07) is 4.37. The zero-order chi connectivity index (χ0) is 50.2. The van der Waals surface area contributed by atoms with Crippen LogP contribution in [-0.2, 0) is 0 Å². The van der Waals surface area contributed by atoms with Crippen LogP contribution in [0.4, 0.5) is 0 Å². The van der Waals surface area contributed by atoms with Crippen LogP contribution in [0.3, 0.4) is 0 Å². The van der Waals surface area contributed by atoms with Crippen LogP contribution in [0.2, 0.25) is 0 Å².